The summed E-state index contributed by atoms with van der Waals surface area (Å²) in [5.74, 6) is 0. The van der Waals surface area contributed by atoms with Crippen LogP contribution >= 0.6 is 0 Å². The smallest absolute Gasteiger partial charge is 0.159 e. The SMILES string of the molecule is C=C(C)c1ccc(N(c2ccccc2C)c2cccc3c2oc2ccccc23)cc1C(=C)/C=C\C=C/CCC/C=C\c1ccccc1CC. The standard InChI is InChI=1S/C47H45NO/c1-6-37-23-15-16-25-38(37)24-13-11-9-7-8-10-12-21-35(4)43-33-39(31-32-40(43)34(2)3)48(44-28-18-14-22-36(44)5)45-29-20-27-42-41-26-17-19-30-46(41)49-47(42)45/h8,10,12-33H,2,4,6-7,9,11H2,1,3,5H3/b10-8-,21-12-,24-13-. The molecule has 5 aromatic carbocycles. The first kappa shape index (κ1) is 33.3. The number of nitrogens with zero attached hydrogens (tertiary/aromatic N) is 1. The third kappa shape index (κ3) is 7.45. The minimum absolute atomic E-state index is 0.864. The summed E-state index contributed by atoms with van der Waals surface area (Å²) < 4.78 is 6.53. The zero-order chi connectivity index (χ0) is 34.2. The van der Waals surface area contributed by atoms with Gasteiger partial charge >= 0.3 is 0 Å². The van der Waals surface area contributed by atoms with Gasteiger partial charge in [0, 0.05) is 22.1 Å². The lowest BCUT2D eigenvalue weighted by molar-refractivity contribution is 0.669. The Kier molecular flexibility index (Phi) is 10.6. The van der Waals surface area contributed by atoms with Crippen LogP contribution in [0.1, 0.15) is 60.9 Å². The highest BCUT2D eigenvalue weighted by Crippen LogP contribution is 2.44. The molecule has 0 saturated heterocycles. The maximum absolute atomic E-state index is 6.53. The molecule has 6 rings (SSSR count). The number of rotatable bonds is 13. The molecule has 1 heterocycles. The number of para-hydroxylation sites is 3. The number of aryl methyl sites for hydroxylation is 2. The monoisotopic (exact) mass is 639 g/mol. The largest absolute Gasteiger partial charge is 0.454 e. The third-order valence-electron chi connectivity index (χ3n) is 9.07. The Labute approximate surface area is 291 Å². The van der Waals surface area contributed by atoms with Gasteiger partial charge in [0.05, 0.1) is 5.69 Å². The number of fused-ring (bicyclic) bond motifs is 3. The van der Waals surface area contributed by atoms with Crippen molar-refractivity contribution in [1.29, 1.82) is 0 Å². The van der Waals surface area contributed by atoms with Crippen LogP contribution in [-0.4, -0.2) is 0 Å². The summed E-state index contributed by atoms with van der Waals surface area (Å²) in [6.45, 7) is 15.2. The lowest BCUT2D eigenvalue weighted by atomic mass is 9.95. The van der Waals surface area contributed by atoms with E-state index in [-0.39, 0.29) is 0 Å². The molecule has 0 radical (unpaired) electrons. The van der Waals surface area contributed by atoms with Gasteiger partial charge in [-0.1, -0.05) is 141 Å². The van der Waals surface area contributed by atoms with Crippen LogP contribution in [0.15, 0.2) is 157 Å². The van der Waals surface area contributed by atoms with Crippen LogP contribution in [-0.2, 0) is 6.42 Å². The zero-order valence-corrected chi connectivity index (χ0v) is 29.0. The fourth-order valence-electron chi connectivity index (χ4n) is 6.46. The van der Waals surface area contributed by atoms with Crippen molar-refractivity contribution in [2.24, 2.45) is 0 Å². The predicted molar refractivity (Wildman–Crippen MR) is 214 cm³/mol. The van der Waals surface area contributed by atoms with Gasteiger partial charge in [-0.05, 0) is 103 Å². The van der Waals surface area contributed by atoms with Crippen LogP contribution in [0.2, 0.25) is 0 Å². The lowest BCUT2D eigenvalue weighted by Crippen LogP contribution is -2.12. The Balaban J connectivity index is 1.25. The maximum Gasteiger partial charge on any atom is 0.159 e. The third-order valence-corrected chi connectivity index (χ3v) is 9.07. The second-order valence-corrected chi connectivity index (χ2v) is 12.6. The summed E-state index contributed by atoms with van der Waals surface area (Å²) in [7, 11) is 0. The molecule has 0 atom stereocenters. The second-order valence-electron chi connectivity index (χ2n) is 12.6. The summed E-state index contributed by atoms with van der Waals surface area (Å²) in [5, 5.41) is 2.21. The van der Waals surface area contributed by atoms with Gasteiger partial charge in [-0.3, -0.25) is 0 Å². The van der Waals surface area contributed by atoms with Crippen molar-refractivity contribution in [1.82, 2.24) is 0 Å². The molecule has 0 saturated carbocycles. The van der Waals surface area contributed by atoms with Gasteiger partial charge in [0.1, 0.15) is 5.58 Å². The predicted octanol–water partition coefficient (Wildman–Crippen LogP) is 14.0. The molecule has 0 amide bonds. The summed E-state index contributed by atoms with van der Waals surface area (Å²) >= 11 is 0. The molecule has 244 valence electrons. The van der Waals surface area contributed by atoms with Crippen molar-refractivity contribution in [3.05, 3.63) is 181 Å². The van der Waals surface area contributed by atoms with Crippen molar-refractivity contribution in [2.75, 3.05) is 4.90 Å². The molecule has 0 spiro atoms. The quantitative estimate of drug-likeness (QED) is 0.0923. The van der Waals surface area contributed by atoms with Crippen molar-refractivity contribution in [2.45, 2.75) is 46.5 Å². The molecule has 0 aliphatic heterocycles. The van der Waals surface area contributed by atoms with Gasteiger partial charge in [0.15, 0.2) is 5.58 Å². The fourth-order valence-corrected chi connectivity index (χ4v) is 6.46. The molecule has 0 fully saturated rings. The van der Waals surface area contributed by atoms with E-state index in [1.54, 1.807) is 0 Å². The van der Waals surface area contributed by atoms with Gasteiger partial charge in [-0.2, -0.15) is 0 Å². The molecule has 0 aliphatic rings. The van der Waals surface area contributed by atoms with Crippen molar-refractivity contribution in [3.8, 4) is 0 Å². The van der Waals surface area contributed by atoms with Gasteiger partial charge < -0.3 is 9.32 Å². The highest BCUT2D eigenvalue weighted by atomic mass is 16.3. The number of anilines is 3. The molecule has 1 aromatic heterocycles. The number of unbranched alkanes of at least 4 members (excludes halogenated alkanes) is 2. The molecular weight excluding hydrogens is 595 g/mol. The molecule has 0 bridgehead atoms. The number of allylic oxidation sites excluding steroid dienone is 7. The molecule has 6 aromatic rings. The van der Waals surface area contributed by atoms with Crippen molar-refractivity contribution in [3.63, 3.8) is 0 Å². The minimum atomic E-state index is 0.864. The molecule has 0 unspecified atom stereocenters. The zero-order valence-electron chi connectivity index (χ0n) is 29.0. The van der Waals surface area contributed by atoms with E-state index >= 15 is 0 Å². The van der Waals surface area contributed by atoms with E-state index in [1.807, 2.05) is 12.1 Å². The fraction of sp³-hybridized carbons (Fsp3) is 0.149. The van der Waals surface area contributed by atoms with E-state index in [4.69, 9.17) is 4.42 Å². The summed E-state index contributed by atoms with van der Waals surface area (Å²) in [5.41, 5.74) is 12.8. The Morgan fingerprint density at radius 3 is 2.31 bits per heavy atom. The molecular formula is C47H45NO. The Morgan fingerprint density at radius 2 is 1.47 bits per heavy atom. The highest BCUT2D eigenvalue weighted by molar-refractivity contribution is 6.10. The van der Waals surface area contributed by atoms with Gasteiger partial charge in [0.25, 0.3) is 0 Å². The summed E-state index contributed by atoms with van der Waals surface area (Å²) in [6.07, 6.45) is 17.4. The van der Waals surface area contributed by atoms with E-state index in [9.17, 15) is 0 Å². The van der Waals surface area contributed by atoms with E-state index in [1.165, 1.54) is 16.7 Å². The molecule has 2 nitrogen and oxygen atoms in total. The van der Waals surface area contributed by atoms with E-state index in [0.29, 0.717) is 0 Å². The highest BCUT2D eigenvalue weighted by Gasteiger charge is 2.21. The Bertz CT molecular complexity index is 2210. The van der Waals surface area contributed by atoms with Crippen LogP contribution in [0.3, 0.4) is 0 Å². The first-order valence-electron chi connectivity index (χ1n) is 17.3. The molecule has 0 N–H and O–H groups in total. The lowest BCUT2D eigenvalue weighted by Gasteiger charge is -2.28. The van der Waals surface area contributed by atoms with E-state index in [0.717, 1.165) is 87.0 Å². The van der Waals surface area contributed by atoms with Crippen LogP contribution in [0.4, 0.5) is 17.1 Å². The average Bonchev–Trinajstić information content (AvgIpc) is 3.51. The normalized spacial score (nSPS) is 11.8. The van der Waals surface area contributed by atoms with Crippen LogP contribution in [0.5, 0.6) is 0 Å². The van der Waals surface area contributed by atoms with Crippen LogP contribution in [0, 0.1) is 6.92 Å². The van der Waals surface area contributed by atoms with E-state index in [2.05, 4.69) is 172 Å². The molecule has 49 heavy (non-hydrogen) atoms. The van der Waals surface area contributed by atoms with Gasteiger partial charge in [-0.15, -0.1) is 0 Å². The Hall–Kier alpha value is -5.60. The Morgan fingerprint density at radius 1 is 0.735 bits per heavy atom. The first-order valence-corrected chi connectivity index (χ1v) is 17.3. The number of hydrogen-bond acceptors (Lipinski definition) is 2. The minimum Gasteiger partial charge on any atom is -0.454 e. The van der Waals surface area contributed by atoms with Gasteiger partial charge in [-0.25, -0.2) is 0 Å². The average molecular weight is 640 g/mol. The summed E-state index contributed by atoms with van der Waals surface area (Å²) in [4.78, 5) is 2.30. The number of hydrogen-bond donors (Lipinski definition) is 0. The van der Waals surface area contributed by atoms with Crippen molar-refractivity contribution < 1.29 is 4.42 Å². The second kappa shape index (κ2) is 15.5. The summed E-state index contributed by atoms with van der Waals surface area (Å²) in [6, 6.07) is 38.3. The van der Waals surface area contributed by atoms with Crippen LogP contribution < -0.4 is 4.90 Å². The number of benzene rings is 5. The van der Waals surface area contributed by atoms with Gasteiger partial charge in [0.2, 0.25) is 0 Å². The molecule has 2 heteroatoms. The van der Waals surface area contributed by atoms with E-state index < -0.39 is 0 Å². The first-order chi connectivity index (χ1) is 24.0. The van der Waals surface area contributed by atoms with Crippen molar-refractivity contribution >= 4 is 56.2 Å². The van der Waals surface area contributed by atoms with Crippen LogP contribution in [0.25, 0.3) is 39.2 Å². The molecule has 0 aliphatic carbocycles. The maximum atomic E-state index is 6.53. The topological polar surface area (TPSA) is 16.4 Å². The number of furan rings is 1.